The predicted octanol–water partition coefficient (Wildman–Crippen LogP) is 2.10. The SMILES string of the molecule is CCc1nc2n(n1)C[C@H](NS(=O)(=O)c1ccc(C)c(Cl)c1)CC2. The second kappa shape index (κ2) is 6.22. The Morgan fingerprint density at radius 2 is 2.22 bits per heavy atom. The van der Waals surface area contributed by atoms with Crippen molar-refractivity contribution in [3.8, 4) is 0 Å². The molecule has 0 amide bonds. The summed E-state index contributed by atoms with van der Waals surface area (Å²) in [6.45, 7) is 4.34. The van der Waals surface area contributed by atoms with E-state index in [1.54, 1.807) is 16.8 Å². The molecule has 1 N–H and O–H groups in total. The molecule has 1 atom stereocenters. The number of rotatable bonds is 4. The summed E-state index contributed by atoms with van der Waals surface area (Å²) in [4.78, 5) is 4.62. The van der Waals surface area contributed by atoms with Crippen LogP contribution >= 0.6 is 11.6 Å². The summed E-state index contributed by atoms with van der Waals surface area (Å²) in [6, 6.07) is 4.57. The van der Waals surface area contributed by atoms with Crippen molar-refractivity contribution in [2.45, 2.75) is 50.6 Å². The van der Waals surface area contributed by atoms with Crippen molar-refractivity contribution < 1.29 is 8.42 Å². The van der Waals surface area contributed by atoms with E-state index in [4.69, 9.17) is 11.6 Å². The van der Waals surface area contributed by atoms with Crippen LogP contribution in [-0.4, -0.2) is 29.2 Å². The van der Waals surface area contributed by atoms with Gasteiger partial charge in [0.2, 0.25) is 10.0 Å². The summed E-state index contributed by atoms with van der Waals surface area (Å²) < 4.78 is 29.6. The summed E-state index contributed by atoms with van der Waals surface area (Å²) in [6.07, 6.45) is 2.20. The second-order valence-corrected chi connectivity index (χ2v) is 7.87. The lowest BCUT2D eigenvalue weighted by Gasteiger charge is -2.23. The van der Waals surface area contributed by atoms with Gasteiger partial charge in [0, 0.05) is 23.9 Å². The van der Waals surface area contributed by atoms with Crippen molar-refractivity contribution in [2.75, 3.05) is 0 Å². The molecule has 8 heteroatoms. The average molecular weight is 355 g/mol. The van der Waals surface area contributed by atoms with Crippen molar-refractivity contribution in [3.05, 3.63) is 40.4 Å². The van der Waals surface area contributed by atoms with Crippen LogP contribution < -0.4 is 4.72 Å². The van der Waals surface area contributed by atoms with Crippen LogP contribution in [0.25, 0.3) is 0 Å². The quantitative estimate of drug-likeness (QED) is 0.912. The molecule has 2 heterocycles. The topological polar surface area (TPSA) is 76.9 Å². The van der Waals surface area contributed by atoms with Crippen molar-refractivity contribution in [1.29, 1.82) is 0 Å². The van der Waals surface area contributed by atoms with Gasteiger partial charge in [0.25, 0.3) is 0 Å². The molecule has 0 saturated heterocycles. The first kappa shape index (κ1) is 16.4. The van der Waals surface area contributed by atoms with Crippen LogP contribution in [0.5, 0.6) is 0 Å². The molecule has 0 radical (unpaired) electrons. The maximum Gasteiger partial charge on any atom is 0.240 e. The first-order valence-electron chi connectivity index (χ1n) is 7.60. The Balaban J connectivity index is 1.77. The van der Waals surface area contributed by atoms with E-state index in [2.05, 4.69) is 14.8 Å². The second-order valence-electron chi connectivity index (χ2n) is 5.75. The molecule has 6 nitrogen and oxygen atoms in total. The number of benzene rings is 1. The summed E-state index contributed by atoms with van der Waals surface area (Å²) >= 11 is 6.03. The molecule has 1 aromatic heterocycles. The van der Waals surface area contributed by atoms with Gasteiger partial charge in [-0.25, -0.2) is 22.8 Å². The summed E-state index contributed by atoms with van der Waals surface area (Å²) in [5.74, 6) is 1.73. The van der Waals surface area contributed by atoms with E-state index in [0.29, 0.717) is 18.0 Å². The summed E-state index contributed by atoms with van der Waals surface area (Å²) in [5.41, 5.74) is 0.850. The van der Waals surface area contributed by atoms with E-state index in [1.165, 1.54) is 6.07 Å². The fraction of sp³-hybridized carbons (Fsp3) is 0.467. The smallest absolute Gasteiger partial charge is 0.240 e. The van der Waals surface area contributed by atoms with Crippen molar-refractivity contribution >= 4 is 21.6 Å². The highest BCUT2D eigenvalue weighted by atomic mass is 35.5. The Hall–Kier alpha value is -1.44. The Morgan fingerprint density at radius 3 is 2.91 bits per heavy atom. The molecule has 1 aliphatic heterocycles. The Kier molecular flexibility index (Phi) is 4.44. The fourth-order valence-electron chi connectivity index (χ4n) is 2.63. The van der Waals surface area contributed by atoms with Gasteiger partial charge < -0.3 is 0 Å². The molecule has 0 bridgehead atoms. The molecule has 3 rings (SSSR count). The number of nitrogens with one attached hydrogen (secondary N) is 1. The van der Waals surface area contributed by atoms with E-state index in [0.717, 1.165) is 30.1 Å². The number of aryl methyl sites for hydroxylation is 3. The third-order valence-corrected chi connectivity index (χ3v) is 5.92. The molecular formula is C15H19ClN4O2S. The summed E-state index contributed by atoms with van der Waals surface area (Å²) in [5, 5.41) is 4.84. The zero-order valence-electron chi connectivity index (χ0n) is 13.1. The third-order valence-electron chi connectivity index (χ3n) is 3.99. The lowest BCUT2D eigenvalue weighted by atomic mass is 10.1. The minimum absolute atomic E-state index is 0.187. The van der Waals surface area contributed by atoms with Crippen LogP contribution in [0.3, 0.4) is 0 Å². The number of nitrogens with zero attached hydrogens (tertiary/aromatic N) is 3. The van der Waals surface area contributed by atoms with Crippen molar-refractivity contribution in [3.63, 3.8) is 0 Å². The lowest BCUT2D eigenvalue weighted by molar-refractivity contribution is 0.394. The van der Waals surface area contributed by atoms with Crippen LogP contribution in [0.1, 0.15) is 30.6 Å². The first-order chi connectivity index (χ1) is 10.9. The van der Waals surface area contributed by atoms with E-state index in [9.17, 15) is 8.42 Å². The minimum atomic E-state index is -3.60. The first-order valence-corrected chi connectivity index (χ1v) is 9.46. The molecule has 0 saturated carbocycles. The molecule has 2 aromatic rings. The zero-order chi connectivity index (χ0) is 16.6. The average Bonchev–Trinajstić information content (AvgIpc) is 2.91. The van der Waals surface area contributed by atoms with Crippen LogP contribution in [-0.2, 0) is 29.4 Å². The molecule has 0 aliphatic carbocycles. The summed E-state index contributed by atoms with van der Waals surface area (Å²) in [7, 11) is -3.60. The highest BCUT2D eigenvalue weighted by Gasteiger charge is 2.26. The normalized spacial score (nSPS) is 18.0. The maximum absolute atomic E-state index is 12.5. The van der Waals surface area contributed by atoms with Gasteiger partial charge in [0.1, 0.15) is 5.82 Å². The number of halogens is 1. The molecule has 1 aromatic carbocycles. The van der Waals surface area contributed by atoms with Gasteiger partial charge in [-0.15, -0.1) is 0 Å². The van der Waals surface area contributed by atoms with Crippen molar-refractivity contribution in [1.82, 2.24) is 19.5 Å². The monoisotopic (exact) mass is 354 g/mol. The van der Waals surface area contributed by atoms with Crippen LogP contribution in [0, 0.1) is 6.92 Å². The largest absolute Gasteiger partial charge is 0.248 e. The van der Waals surface area contributed by atoms with Crippen molar-refractivity contribution in [2.24, 2.45) is 0 Å². The highest BCUT2D eigenvalue weighted by molar-refractivity contribution is 7.89. The van der Waals surface area contributed by atoms with Gasteiger partial charge in [-0.1, -0.05) is 24.6 Å². The van der Waals surface area contributed by atoms with E-state index in [1.807, 2.05) is 13.8 Å². The molecule has 0 unspecified atom stereocenters. The molecule has 0 fully saturated rings. The Labute approximate surface area is 140 Å². The Morgan fingerprint density at radius 1 is 1.43 bits per heavy atom. The number of hydrogen-bond acceptors (Lipinski definition) is 4. The number of sulfonamides is 1. The molecule has 1 aliphatic rings. The van der Waals surface area contributed by atoms with E-state index < -0.39 is 10.0 Å². The highest BCUT2D eigenvalue weighted by Crippen LogP contribution is 2.21. The van der Waals surface area contributed by atoms with Crippen LogP contribution in [0.2, 0.25) is 5.02 Å². The number of aromatic nitrogens is 3. The van der Waals surface area contributed by atoms with Gasteiger partial charge in [-0.05, 0) is 31.0 Å². The van der Waals surface area contributed by atoms with E-state index in [-0.39, 0.29) is 10.9 Å². The standard InChI is InChI=1S/C15H19ClN4O2S/c1-3-14-17-15-7-5-11(9-20(15)18-14)19-23(21,22)12-6-4-10(2)13(16)8-12/h4,6,8,11,19H,3,5,7,9H2,1-2H3/t11-/m1/s1. The molecule has 23 heavy (non-hydrogen) atoms. The predicted molar refractivity (Wildman–Crippen MR) is 88.0 cm³/mol. The maximum atomic E-state index is 12.5. The number of fused-ring (bicyclic) bond motifs is 1. The van der Waals surface area contributed by atoms with Gasteiger partial charge >= 0.3 is 0 Å². The molecule has 0 spiro atoms. The fourth-order valence-corrected chi connectivity index (χ4v) is 4.17. The van der Waals surface area contributed by atoms with Gasteiger partial charge in [-0.2, -0.15) is 5.10 Å². The third kappa shape index (κ3) is 3.41. The lowest BCUT2D eigenvalue weighted by Crippen LogP contribution is -2.41. The zero-order valence-corrected chi connectivity index (χ0v) is 14.7. The van der Waals surface area contributed by atoms with Crippen LogP contribution in [0.4, 0.5) is 0 Å². The van der Waals surface area contributed by atoms with Gasteiger partial charge in [0.05, 0.1) is 11.4 Å². The van der Waals surface area contributed by atoms with Gasteiger partial charge in [0.15, 0.2) is 5.82 Å². The molecule has 124 valence electrons. The minimum Gasteiger partial charge on any atom is -0.248 e. The van der Waals surface area contributed by atoms with Gasteiger partial charge in [-0.3, -0.25) is 0 Å². The van der Waals surface area contributed by atoms with Crippen LogP contribution in [0.15, 0.2) is 23.1 Å². The Bertz CT molecular complexity index is 832. The molecular weight excluding hydrogens is 336 g/mol. The number of hydrogen-bond donors (Lipinski definition) is 1. The van der Waals surface area contributed by atoms with E-state index >= 15 is 0 Å².